The third-order valence-corrected chi connectivity index (χ3v) is 3.53. The topological polar surface area (TPSA) is 66.7 Å². The number of para-hydroxylation sites is 1. The van der Waals surface area contributed by atoms with E-state index in [1.54, 1.807) is 36.0 Å². The molecule has 2 aromatic rings. The molecule has 0 radical (unpaired) electrons. The van der Waals surface area contributed by atoms with Crippen LogP contribution in [-0.2, 0) is 0 Å². The molecule has 2 aromatic carbocycles. The summed E-state index contributed by atoms with van der Waals surface area (Å²) in [4.78, 5) is 26.8. The molecule has 120 valence electrons. The van der Waals surface area contributed by atoms with Gasteiger partial charge in [0, 0.05) is 38.0 Å². The van der Waals surface area contributed by atoms with E-state index in [-0.39, 0.29) is 11.6 Å². The van der Waals surface area contributed by atoms with Crippen molar-refractivity contribution < 1.29 is 9.72 Å². The van der Waals surface area contributed by atoms with Gasteiger partial charge in [-0.05, 0) is 31.2 Å². The van der Waals surface area contributed by atoms with Gasteiger partial charge in [-0.15, -0.1) is 0 Å². The van der Waals surface area contributed by atoms with Crippen LogP contribution in [0.3, 0.4) is 0 Å². The maximum atomic E-state index is 12.7. The highest BCUT2D eigenvalue weighted by molar-refractivity contribution is 6.06. The second kappa shape index (κ2) is 6.91. The summed E-state index contributed by atoms with van der Waals surface area (Å²) in [6, 6.07) is 13.8. The number of nitrogens with zero attached hydrogens (tertiary/aromatic N) is 3. The van der Waals surface area contributed by atoms with Gasteiger partial charge in [0.25, 0.3) is 11.6 Å². The molecule has 0 N–H and O–H groups in total. The van der Waals surface area contributed by atoms with Crippen LogP contribution in [0.2, 0.25) is 0 Å². The number of nitro benzene ring substituents is 1. The van der Waals surface area contributed by atoms with Crippen LogP contribution in [0.25, 0.3) is 0 Å². The largest absolute Gasteiger partial charge is 0.372 e. The Balaban J connectivity index is 2.43. The van der Waals surface area contributed by atoms with Crippen LogP contribution in [0.4, 0.5) is 17.1 Å². The molecule has 0 saturated carbocycles. The van der Waals surface area contributed by atoms with Crippen molar-refractivity contribution in [3.05, 3.63) is 64.2 Å². The van der Waals surface area contributed by atoms with Crippen LogP contribution in [0.15, 0.2) is 48.5 Å². The Labute approximate surface area is 135 Å². The van der Waals surface area contributed by atoms with Crippen molar-refractivity contribution in [3.63, 3.8) is 0 Å². The highest BCUT2D eigenvalue weighted by Gasteiger charge is 2.22. The molecule has 23 heavy (non-hydrogen) atoms. The lowest BCUT2D eigenvalue weighted by atomic mass is 10.1. The van der Waals surface area contributed by atoms with Gasteiger partial charge >= 0.3 is 0 Å². The van der Waals surface area contributed by atoms with Gasteiger partial charge < -0.3 is 9.80 Å². The molecule has 0 atom stereocenters. The lowest BCUT2D eigenvalue weighted by Gasteiger charge is -2.21. The average molecular weight is 313 g/mol. The fraction of sp³-hybridized carbons (Fsp3) is 0.235. The molecule has 0 aromatic heterocycles. The second-order valence-electron chi connectivity index (χ2n) is 5.24. The molecule has 0 bridgehead atoms. The Bertz CT molecular complexity index is 714. The molecule has 0 aliphatic rings. The zero-order chi connectivity index (χ0) is 17.0. The van der Waals surface area contributed by atoms with E-state index in [4.69, 9.17) is 0 Å². The molecular weight excluding hydrogens is 294 g/mol. The first-order valence-corrected chi connectivity index (χ1v) is 7.28. The quantitative estimate of drug-likeness (QED) is 0.627. The minimum Gasteiger partial charge on any atom is -0.372 e. The molecule has 2 rings (SSSR count). The van der Waals surface area contributed by atoms with Crippen LogP contribution in [-0.4, -0.2) is 31.5 Å². The van der Waals surface area contributed by atoms with Gasteiger partial charge in [-0.3, -0.25) is 14.9 Å². The van der Waals surface area contributed by atoms with Gasteiger partial charge in [-0.25, -0.2) is 0 Å². The predicted molar refractivity (Wildman–Crippen MR) is 91.2 cm³/mol. The number of hydrogen-bond donors (Lipinski definition) is 0. The summed E-state index contributed by atoms with van der Waals surface area (Å²) in [7, 11) is 3.46. The van der Waals surface area contributed by atoms with Crippen molar-refractivity contribution in [1.82, 2.24) is 0 Å². The van der Waals surface area contributed by atoms with Crippen LogP contribution in [0.5, 0.6) is 0 Å². The summed E-state index contributed by atoms with van der Waals surface area (Å²) in [5.74, 6) is -0.257. The molecule has 0 saturated heterocycles. The minimum atomic E-state index is -0.467. The van der Waals surface area contributed by atoms with Gasteiger partial charge in [-0.1, -0.05) is 18.2 Å². The first-order chi connectivity index (χ1) is 11.0. The van der Waals surface area contributed by atoms with Crippen molar-refractivity contribution in [3.8, 4) is 0 Å². The number of benzene rings is 2. The number of carbonyl (C=O) groups is 1. The molecule has 0 aliphatic heterocycles. The van der Waals surface area contributed by atoms with Crippen molar-refractivity contribution in [2.24, 2.45) is 0 Å². The summed E-state index contributed by atoms with van der Waals surface area (Å²) in [6.45, 7) is 2.35. The van der Waals surface area contributed by atoms with E-state index in [0.29, 0.717) is 17.8 Å². The van der Waals surface area contributed by atoms with Crippen molar-refractivity contribution in [2.75, 3.05) is 30.4 Å². The molecular formula is C17H19N3O3. The maximum Gasteiger partial charge on any atom is 0.293 e. The number of nitro groups is 1. The normalized spacial score (nSPS) is 10.2. The summed E-state index contributed by atoms with van der Waals surface area (Å²) < 4.78 is 0. The van der Waals surface area contributed by atoms with Crippen molar-refractivity contribution >= 4 is 23.0 Å². The van der Waals surface area contributed by atoms with Crippen molar-refractivity contribution in [1.29, 1.82) is 0 Å². The fourth-order valence-corrected chi connectivity index (χ4v) is 2.39. The van der Waals surface area contributed by atoms with Gasteiger partial charge in [0.15, 0.2) is 0 Å². The lowest BCUT2D eigenvalue weighted by molar-refractivity contribution is -0.384. The Morgan fingerprint density at radius 1 is 1.13 bits per heavy atom. The van der Waals surface area contributed by atoms with Crippen LogP contribution < -0.4 is 9.80 Å². The van der Waals surface area contributed by atoms with E-state index in [0.717, 1.165) is 5.69 Å². The fourth-order valence-electron chi connectivity index (χ4n) is 2.39. The minimum absolute atomic E-state index is 0.0787. The molecule has 0 heterocycles. The molecule has 6 heteroatoms. The highest BCUT2D eigenvalue weighted by Crippen LogP contribution is 2.28. The van der Waals surface area contributed by atoms with E-state index < -0.39 is 4.92 Å². The summed E-state index contributed by atoms with van der Waals surface area (Å²) in [5.41, 5.74) is 1.45. The number of amides is 1. The average Bonchev–Trinajstić information content (AvgIpc) is 2.55. The summed E-state index contributed by atoms with van der Waals surface area (Å²) in [5, 5.41) is 11.3. The Morgan fingerprint density at radius 2 is 1.78 bits per heavy atom. The summed E-state index contributed by atoms with van der Waals surface area (Å²) >= 11 is 0. The smallest absolute Gasteiger partial charge is 0.293 e. The number of hydrogen-bond acceptors (Lipinski definition) is 4. The Kier molecular flexibility index (Phi) is 4.95. The Morgan fingerprint density at radius 3 is 2.30 bits per heavy atom. The van der Waals surface area contributed by atoms with Crippen LogP contribution in [0.1, 0.15) is 17.3 Å². The lowest BCUT2D eigenvalue weighted by Crippen LogP contribution is -2.30. The number of anilines is 2. The monoisotopic (exact) mass is 313 g/mol. The highest BCUT2D eigenvalue weighted by atomic mass is 16.6. The first kappa shape index (κ1) is 16.5. The van der Waals surface area contributed by atoms with E-state index in [9.17, 15) is 14.9 Å². The van der Waals surface area contributed by atoms with Gasteiger partial charge in [0.1, 0.15) is 5.69 Å². The SMILES string of the molecule is CCN(C(=O)c1ccc(N(C)C)c([N+](=O)[O-])c1)c1ccccc1. The van der Waals surface area contributed by atoms with E-state index in [1.165, 1.54) is 6.07 Å². The zero-order valence-electron chi connectivity index (χ0n) is 13.4. The third-order valence-electron chi connectivity index (χ3n) is 3.53. The standard InChI is InChI=1S/C17H19N3O3/c1-4-19(14-8-6-5-7-9-14)17(21)13-10-11-15(18(2)3)16(12-13)20(22)23/h5-12H,4H2,1-3H3. The number of carbonyl (C=O) groups excluding carboxylic acids is 1. The van der Waals surface area contributed by atoms with E-state index in [1.807, 2.05) is 37.3 Å². The van der Waals surface area contributed by atoms with E-state index >= 15 is 0 Å². The molecule has 0 spiro atoms. The number of rotatable bonds is 5. The van der Waals surface area contributed by atoms with Crippen LogP contribution in [0, 0.1) is 10.1 Å². The Hall–Kier alpha value is -2.89. The molecule has 0 fully saturated rings. The second-order valence-corrected chi connectivity index (χ2v) is 5.24. The van der Waals surface area contributed by atoms with Crippen molar-refractivity contribution in [2.45, 2.75) is 6.92 Å². The maximum absolute atomic E-state index is 12.7. The van der Waals surface area contributed by atoms with Gasteiger partial charge in [0.05, 0.1) is 4.92 Å². The first-order valence-electron chi connectivity index (χ1n) is 7.28. The summed E-state index contributed by atoms with van der Waals surface area (Å²) in [6.07, 6.45) is 0. The predicted octanol–water partition coefficient (Wildman–Crippen LogP) is 3.33. The van der Waals surface area contributed by atoms with Gasteiger partial charge in [-0.2, -0.15) is 0 Å². The molecule has 0 unspecified atom stereocenters. The third kappa shape index (κ3) is 3.48. The zero-order valence-corrected chi connectivity index (χ0v) is 13.4. The van der Waals surface area contributed by atoms with E-state index in [2.05, 4.69) is 0 Å². The van der Waals surface area contributed by atoms with Crippen LogP contribution >= 0.6 is 0 Å². The molecule has 0 aliphatic carbocycles. The molecule has 1 amide bonds. The van der Waals surface area contributed by atoms with Gasteiger partial charge in [0.2, 0.25) is 0 Å². The molecule has 6 nitrogen and oxygen atoms in total.